The Morgan fingerprint density at radius 3 is 2.23 bits per heavy atom. The molecule has 2 aromatic carbocycles. The van der Waals surface area contributed by atoms with Crippen LogP contribution in [0.25, 0.3) is 22.2 Å². The monoisotopic (exact) mass is 311 g/mol. The van der Waals surface area contributed by atoms with Crippen LogP contribution in [0.1, 0.15) is 5.56 Å². The van der Waals surface area contributed by atoms with Gasteiger partial charge in [0, 0.05) is 5.39 Å². The highest BCUT2D eigenvalue weighted by Crippen LogP contribution is 2.36. The van der Waals surface area contributed by atoms with Gasteiger partial charge in [0.15, 0.2) is 5.96 Å². The van der Waals surface area contributed by atoms with E-state index >= 15 is 0 Å². The summed E-state index contributed by atoms with van der Waals surface area (Å²) in [6.07, 6.45) is 0. The number of nitrogens with one attached hydrogen (secondary N) is 2. The molecule has 0 atom stereocenters. The van der Waals surface area contributed by atoms with Gasteiger partial charge in [-0.25, -0.2) is 0 Å². The number of aromatic nitrogens is 1. The first-order valence-electron chi connectivity index (χ1n) is 6.59. The first kappa shape index (κ1) is 14.2. The number of nitrogens with two attached hydrogens (primary N) is 2. The molecule has 110 valence electrons. The molecule has 0 bridgehead atoms. The maximum Gasteiger partial charge on any atom is 0.197 e. The third-order valence-electron chi connectivity index (χ3n) is 3.50. The molecule has 0 aliphatic rings. The van der Waals surface area contributed by atoms with Gasteiger partial charge in [-0.1, -0.05) is 48.0 Å². The Morgan fingerprint density at radius 2 is 1.64 bits per heavy atom. The van der Waals surface area contributed by atoms with Crippen LogP contribution in [0.15, 0.2) is 48.5 Å². The molecule has 0 aliphatic carbocycles. The van der Waals surface area contributed by atoms with Gasteiger partial charge < -0.3 is 11.5 Å². The average molecular weight is 312 g/mol. The van der Waals surface area contributed by atoms with Crippen LogP contribution in [0.5, 0.6) is 0 Å². The number of hydrogen-bond acceptors (Lipinski definition) is 2. The summed E-state index contributed by atoms with van der Waals surface area (Å²) in [6.45, 7) is 0. The van der Waals surface area contributed by atoms with Crippen molar-refractivity contribution in [3.05, 3.63) is 59.1 Å². The van der Waals surface area contributed by atoms with Crippen LogP contribution < -0.4 is 11.5 Å². The molecule has 0 spiro atoms. The van der Waals surface area contributed by atoms with Crippen molar-refractivity contribution in [1.82, 2.24) is 4.57 Å². The van der Waals surface area contributed by atoms with Crippen molar-refractivity contribution in [2.24, 2.45) is 11.5 Å². The van der Waals surface area contributed by atoms with Gasteiger partial charge in [-0.05, 0) is 17.7 Å². The second kappa shape index (κ2) is 5.20. The van der Waals surface area contributed by atoms with Gasteiger partial charge in [-0.15, -0.1) is 0 Å². The lowest BCUT2D eigenvalue weighted by atomic mass is 10.0. The molecule has 0 saturated heterocycles. The van der Waals surface area contributed by atoms with E-state index in [1.165, 1.54) is 0 Å². The minimum atomic E-state index is -0.154. The Morgan fingerprint density at radius 1 is 0.955 bits per heavy atom. The number of hydrogen-bond donors (Lipinski definition) is 4. The number of nitrogen functional groups attached to an aromatic ring is 2. The molecule has 0 saturated carbocycles. The predicted octanol–water partition coefficient (Wildman–Crippen LogP) is 2.99. The molecule has 0 amide bonds. The Labute approximate surface area is 132 Å². The van der Waals surface area contributed by atoms with Gasteiger partial charge in [0.1, 0.15) is 5.84 Å². The summed E-state index contributed by atoms with van der Waals surface area (Å²) in [5.41, 5.74) is 14.1. The molecular formula is C16H14ClN5. The fraction of sp³-hybridized carbons (Fsp3) is 0. The van der Waals surface area contributed by atoms with E-state index in [0.29, 0.717) is 27.2 Å². The summed E-state index contributed by atoms with van der Waals surface area (Å²) < 4.78 is 1.56. The normalized spacial score (nSPS) is 10.8. The summed E-state index contributed by atoms with van der Waals surface area (Å²) in [5, 5.41) is 17.0. The highest BCUT2D eigenvalue weighted by Gasteiger charge is 2.23. The summed E-state index contributed by atoms with van der Waals surface area (Å²) in [6, 6.07) is 14.7. The molecule has 0 aliphatic heterocycles. The van der Waals surface area contributed by atoms with Gasteiger partial charge in [0.05, 0.1) is 21.8 Å². The van der Waals surface area contributed by atoms with Crippen LogP contribution in [0, 0.1) is 10.8 Å². The lowest BCUT2D eigenvalue weighted by Crippen LogP contribution is -2.22. The average Bonchev–Trinajstić information content (AvgIpc) is 2.85. The van der Waals surface area contributed by atoms with Crippen molar-refractivity contribution >= 4 is 34.3 Å². The first-order valence-corrected chi connectivity index (χ1v) is 6.97. The van der Waals surface area contributed by atoms with Gasteiger partial charge in [0.25, 0.3) is 0 Å². The van der Waals surface area contributed by atoms with Crippen molar-refractivity contribution in [3.63, 3.8) is 0 Å². The molecule has 22 heavy (non-hydrogen) atoms. The van der Waals surface area contributed by atoms with Crippen LogP contribution in [0.2, 0.25) is 5.02 Å². The van der Waals surface area contributed by atoms with E-state index in [4.69, 9.17) is 33.9 Å². The number of nitrogens with zero attached hydrogens (tertiary/aromatic N) is 1. The Hall–Kier alpha value is -2.79. The molecule has 0 fully saturated rings. The Kier molecular flexibility index (Phi) is 3.35. The van der Waals surface area contributed by atoms with E-state index in [0.717, 1.165) is 5.56 Å². The number of amidine groups is 1. The van der Waals surface area contributed by atoms with Crippen LogP contribution in [0.4, 0.5) is 0 Å². The second-order valence-electron chi connectivity index (χ2n) is 4.86. The highest BCUT2D eigenvalue weighted by atomic mass is 35.5. The molecule has 3 aromatic rings. The predicted molar refractivity (Wildman–Crippen MR) is 90.7 cm³/mol. The van der Waals surface area contributed by atoms with E-state index in [9.17, 15) is 0 Å². The molecular weight excluding hydrogens is 298 g/mol. The second-order valence-corrected chi connectivity index (χ2v) is 5.27. The summed E-state index contributed by atoms with van der Waals surface area (Å²) in [7, 11) is 0. The molecule has 0 unspecified atom stereocenters. The van der Waals surface area contributed by atoms with E-state index in [-0.39, 0.29) is 11.8 Å². The van der Waals surface area contributed by atoms with E-state index < -0.39 is 0 Å². The minimum Gasteiger partial charge on any atom is -0.384 e. The summed E-state index contributed by atoms with van der Waals surface area (Å²) >= 11 is 6.31. The van der Waals surface area contributed by atoms with Crippen molar-refractivity contribution < 1.29 is 0 Å². The highest BCUT2D eigenvalue weighted by molar-refractivity contribution is 6.37. The van der Waals surface area contributed by atoms with Gasteiger partial charge >= 0.3 is 0 Å². The molecule has 0 radical (unpaired) electrons. The summed E-state index contributed by atoms with van der Waals surface area (Å²) in [5.74, 6) is -0.268. The van der Waals surface area contributed by atoms with Crippen LogP contribution in [0.3, 0.4) is 0 Å². The minimum absolute atomic E-state index is 0.114. The Balaban J connectivity index is 2.56. The zero-order valence-electron chi connectivity index (χ0n) is 11.6. The SMILES string of the molecule is N=C(N)c1c(-c2ccccc2)n(C(=N)N)c2cccc(Cl)c12. The first-order chi connectivity index (χ1) is 10.5. The maximum atomic E-state index is 7.95. The van der Waals surface area contributed by atoms with Gasteiger partial charge in [-0.3, -0.25) is 15.4 Å². The van der Waals surface area contributed by atoms with Crippen molar-refractivity contribution in [3.8, 4) is 11.3 Å². The third kappa shape index (κ3) is 2.03. The number of halogens is 1. The fourth-order valence-corrected chi connectivity index (χ4v) is 2.94. The maximum absolute atomic E-state index is 7.95. The molecule has 3 rings (SSSR count). The molecule has 5 nitrogen and oxygen atoms in total. The largest absolute Gasteiger partial charge is 0.384 e. The van der Waals surface area contributed by atoms with Crippen LogP contribution in [-0.2, 0) is 0 Å². The smallest absolute Gasteiger partial charge is 0.197 e. The molecule has 6 N–H and O–H groups in total. The van der Waals surface area contributed by atoms with Crippen molar-refractivity contribution in [2.75, 3.05) is 0 Å². The fourth-order valence-electron chi connectivity index (χ4n) is 2.68. The van der Waals surface area contributed by atoms with E-state index in [2.05, 4.69) is 0 Å². The quantitative estimate of drug-likeness (QED) is 0.431. The van der Waals surface area contributed by atoms with Crippen LogP contribution in [-0.4, -0.2) is 16.4 Å². The number of benzene rings is 2. The zero-order chi connectivity index (χ0) is 15.9. The molecule has 1 aromatic heterocycles. The number of rotatable bonds is 2. The van der Waals surface area contributed by atoms with E-state index in [1.807, 2.05) is 36.4 Å². The Bertz CT molecular complexity index is 896. The lowest BCUT2D eigenvalue weighted by molar-refractivity contribution is 1.15. The standard InChI is InChI=1S/C16H14ClN5/c17-10-7-4-8-11-12(10)13(15(18)19)14(22(11)16(20)21)9-5-2-1-3-6-9/h1-8H,(H3,18,19)(H3,20,21). The van der Waals surface area contributed by atoms with E-state index in [1.54, 1.807) is 16.7 Å². The topological polar surface area (TPSA) is 105 Å². The number of fused-ring (bicyclic) bond motifs is 1. The zero-order valence-corrected chi connectivity index (χ0v) is 12.4. The molecule has 6 heteroatoms. The van der Waals surface area contributed by atoms with Crippen molar-refractivity contribution in [2.45, 2.75) is 0 Å². The van der Waals surface area contributed by atoms with Gasteiger partial charge in [0.2, 0.25) is 0 Å². The molecule has 1 heterocycles. The van der Waals surface area contributed by atoms with Crippen LogP contribution >= 0.6 is 11.6 Å². The third-order valence-corrected chi connectivity index (χ3v) is 3.82. The summed E-state index contributed by atoms with van der Waals surface area (Å²) in [4.78, 5) is 0. The van der Waals surface area contributed by atoms with Crippen molar-refractivity contribution in [1.29, 1.82) is 10.8 Å². The lowest BCUT2D eigenvalue weighted by Gasteiger charge is -2.10. The van der Waals surface area contributed by atoms with Gasteiger partial charge in [-0.2, -0.15) is 0 Å².